The van der Waals surface area contributed by atoms with Gasteiger partial charge in [-0.15, -0.1) is 0 Å². The maximum Gasteiger partial charge on any atom is 0.191 e. The third-order valence-corrected chi connectivity index (χ3v) is 7.38. The van der Waals surface area contributed by atoms with Crippen LogP contribution in [-0.4, -0.2) is 72.8 Å². The lowest BCUT2D eigenvalue weighted by molar-refractivity contribution is -0.0352. The molecular weight excluding hydrogens is 384 g/mol. The fraction of sp³-hybridized carbons (Fsp3) is 0.682. The van der Waals surface area contributed by atoms with Gasteiger partial charge in [0.2, 0.25) is 0 Å². The molecule has 162 valence electrons. The highest BCUT2D eigenvalue weighted by atomic mass is 32.2. The van der Waals surface area contributed by atoms with Gasteiger partial charge in [0.1, 0.15) is 0 Å². The maximum atomic E-state index is 12.3. The Morgan fingerprint density at radius 3 is 2.55 bits per heavy atom. The van der Waals surface area contributed by atoms with Gasteiger partial charge in [-0.2, -0.15) is 0 Å². The van der Waals surface area contributed by atoms with E-state index in [0.717, 1.165) is 44.4 Å². The molecule has 6 nitrogen and oxygen atoms in total. The van der Waals surface area contributed by atoms with E-state index in [9.17, 15) is 4.21 Å². The molecule has 1 aliphatic heterocycles. The largest absolute Gasteiger partial charge is 0.379 e. The summed E-state index contributed by atoms with van der Waals surface area (Å²) in [6.45, 7) is 5.27. The highest BCUT2D eigenvalue weighted by Crippen LogP contribution is 2.33. The van der Waals surface area contributed by atoms with Crippen LogP contribution in [0.15, 0.2) is 35.3 Å². The standard InChI is InChI=1S/C22H36N4O2S/c1-23-21(24-12-17-29(27)18-20-8-4-2-5-9-20)25-19-22(10-6-3-7-11-22)26-13-15-28-16-14-26/h2,4-5,8-9H,3,6-7,10-19H2,1H3,(H2,23,24,25). The highest BCUT2D eigenvalue weighted by molar-refractivity contribution is 7.84. The number of hydrogen-bond acceptors (Lipinski definition) is 4. The van der Waals surface area contributed by atoms with Crippen LogP contribution in [0.1, 0.15) is 37.7 Å². The van der Waals surface area contributed by atoms with Crippen LogP contribution in [0.4, 0.5) is 0 Å². The molecule has 1 aromatic carbocycles. The van der Waals surface area contributed by atoms with E-state index < -0.39 is 10.8 Å². The summed E-state index contributed by atoms with van der Waals surface area (Å²) in [4.78, 5) is 7.01. The van der Waals surface area contributed by atoms with Gasteiger partial charge in [0.25, 0.3) is 0 Å². The molecule has 2 aliphatic rings. The summed E-state index contributed by atoms with van der Waals surface area (Å²) in [6, 6.07) is 10.0. The minimum absolute atomic E-state index is 0.204. The Labute approximate surface area is 178 Å². The number of nitrogens with zero attached hydrogens (tertiary/aromatic N) is 2. The van der Waals surface area contributed by atoms with E-state index in [0.29, 0.717) is 18.1 Å². The van der Waals surface area contributed by atoms with Crippen molar-refractivity contribution in [3.63, 3.8) is 0 Å². The van der Waals surface area contributed by atoms with Crippen molar-refractivity contribution in [2.24, 2.45) is 4.99 Å². The van der Waals surface area contributed by atoms with E-state index >= 15 is 0 Å². The van der Waals surface area contributed by atoms with Crippen molar-refractivity contribution in [2.45, 2.75) is 43.4 Å². The normalized spacial score (nSPS) is 21.5. The van der Waals surface area contributed by atoms with E-state index in [1.165, 1.54) is 32.1 Å². The number of guanidine groups is 1. The van der Waals surface area contributed by atoms with Crippen molar-refractivity contribution < 1.29 is 8.95 Å². The monoisotopic (exact) mass is 420 g/mol. The number of rotatable bonds is 8. The molecule has 2 N–H and O–H groups in total. The smallest absolute Gasteiger partial charge is 0.191 e. The molecule has 2 fully saturated rings. The van der Waals surface area contributed by atoms with Crippen LogP contribution in [0.2, 0.25) is 0 Å². The van der Waals surface area contributed by atoms with E-state index in [1.54, 1.807) is 7.05 Å². The van der Waals surface area contributed by atoms with Gasteiger partial charge >= 0.3 is 0 Å². The summed E-state index contributed by atoms with van der Waals surface area (Å²) in [5.74, 6) is 2.03. The Morgan fingerprint density at radius 1 is 1.14 bits per heavy atom. The minimum Gasteiger partial charge on any atom is -0.379 e. The number of ether oxygens (including phenoxy) is 1. The van der Waals surface area contributed by atoms with Crippen LogP contribution in [0.5, 0.6) is 0 Å². The summed E-state index contributed by atoms with van der Waals surface area (Å²) in [7, 11) is 0.927. The third kappa shape index (κ3) is 6.79. The second-order valence-electron chi connectivity index (χ2n) is 8.01. The molecule has 1 unspecified atom stereocenters. The summed E-state index contributed by atoms with van der Waals surface area (Å²) >= 11 is 0. The van der Waals surface area contributed by atoms with Crippen LogP contribution < -0.4 is 10.6 Å². The molecule has 0 radical (unpaired) electrons. The fourth-order valence-electron chi connectivity index (χ4n) is 4.44. The molecule has 1 heterocycles. The summed E-state index contributed by atoms with van der Waals surface area (Å²) in [5, 5.41) is 6.91. The molecule has 0 aromatic heterocycles. The maximum absolute atomic E-state index is 12.3. The van der Waals surface area contributed by atoms with Crippen molar-refractivity contribution >= 4 is 16.8 Å². The molecule has 0 spiro atoms. The number of nitrogens with one attached hydrogen (secondary N) is 2. The number of benzene rings is 1. The van der Waals surface area contributed by atoms with Crippen molar-refractivity contribution in [3.8, 4) is 0 Å². The molecule has 0 bridgehead atoms. The van der Waals surface area contributed by atoms with Crippen LogP contribution in [0.25, 0.3) is 0 Å². The molecule has 1 atom stereocenters. The SMILES string of the molecule is CN=C(NCCS(=O)Cc1ccccc1)NCC1(N2CCOCC2)CCCCC1. The molecule has 1 aromatic rings. The minimum atomic E-state index is -0.877. The summed E-state index contributed by atoms with van der Waals surface area (Å²) in [5.41, 5.74) is 1.33. The lowest BCUT2D eigenvalue weighted by Gasteiger charge is -2.48. The first-order valence-electron chi connectivity index (χ1n) is 10.9. The molecule has 1 saturated heterocycles. The second kappa shape index (κ2) is 11.7. The van der Waals surface area contributed by atoms with E-state index in [-0.39, 0.29) is 5.54 Å². The predicted octanol–water partition coefficient (Wildman–Crippen LogP) is 2.14. The Morgan fingerprint density at radius 2 is 1.86 bits per heavy atom. The van der Waals surface area contributed by atoms with Crippen molar-refractivity contribution in [1.82, 2.24) is 15.5 Å². The Kier molecular flexibility index (Phi) is 8.95. The second-order valence-corrected chi connectivity index (χ2v) is 9.59. The molecule has 7 heteroatoms. The molecule has 0 amide bonds. The molecule has 1 saturated carbocycles. The number of morpholine rings is 1. The summed E-state index contributed by atoms with van der Waals surface area (Å²) < 4.78 is 17.9. The zero-order valence-electron chi connectivity index (χ0n) is 17.7. The van der Waals surface area contributed by atoms with Gasteiger partial charge in [-0.3, -0.25) is 14.1 Å². The summed E-state index contributed by atoms with van der Waals surface area (Å²) in [6.07, 6.45) is 6.40. The molecule has 1 aliphatic carbocycles. The van der Waals surface area contributed by atoms with Gasteiger partial charge in [-0.1, -0.05) is 49.6 Å². The van der Waals surface area contributed by atoms with E-state index in [1.807, 2.05) is 30.3 Å². The van der Waals surface area contributed by atoms with Gasteiger partial charge < -0.3 is 15.4 Å². The third-order valence-electron chi connectivity index (χ3n) is 6.07. The first-order chi connectivity index (χ1) is 14.2. The van der Waals surface area contributed by atoms with Gasteiger partial charge in [-0.25, -0.2) is 0 Å². The number of hydrogen-bond donors (Lipinski definition) is 2. The lowest BCUT2D eigenvalue weighted by Crippen LogP contribution is -2.60. The van der Waals surface area contributed by atoms with Gasteiger partial charge in [0, 0.05) is 61.1 Å². The zero-order valence-corrected chi connectivity index (χ0v) is 18.5. The molecule has 29 heavy (non-hydrogen) atoms. The molecule has 3 rings (SSSR count). The Bertz CT molecular complexity index is 656. The highest BCUT2D eigenvalue weighted by Gasteiger charge is 2.38. The van der Waals surface area contributed by atoms with Crippen molar-refractivity contribution in [2.75, 3.05) is 52.2 Å². The predicted molar refractivity (Wildman–Crippen MR) is 121 cm³/mol. The lowest BCUT2D eigenvalue weighted by atomic mass is 9.80. The quantitative estimate of drug-likeness (QED) is 0.498. The van der Waals surface area contributed by atoms with Gasteiger partial charge in [0.05, 0.1) is 13.2 Å². The Balaban J connectivity index is 1.45. The van der Waals surface area contributed by atoms with Crippen molar-refractivity contribution in [3.05, 3.63) is 35.9 Å². The van der Waals surface area contributed by atoms with Crippen LogP contribution in [0.3, 0.4) is 0 Å². The first-order valence-corrected chi connectivity index (χ1v) is 12.4. The van der Waals surface area contributed by atoms with E-state index in [4.69, 9.17) is 4.74 Å². The topological polar surface area (TPSA) is 66.0 Å². The average Bonchev–Trinajstić information content (AvgIpc) is 2.78. The fourth-order valence-corrected chi connectivity index (χ4v) is 5.48. The van der Waals surface area contributed by atoms with Crippen LogP contribution in [-0.2, 0) is 21.3 Å². The van der Waals surface area contributed by atoms with Crippen molar-refractivity contribution in [1.29, 1.82) is 0 Å². The van der Waals surface area contributed by atoms with Gasteiger partial charge in [0.15, 0.2) is 5.96 Å². The van der Waals surface area contributed by atoms with Crippen LogP contribution >= 0.6 is 0 Å². The van der Waals surface area contributed by atoms with Crippen LogP contribution in [0, 0.1) is 0 Å². The first kappa shape index (κ1) is 22.2. The van der Waals surface area contributed by atoms with Gasteiger partial charge in [-0.05, 0) is 18.4 Å². The number of aliphatic imine (C=N–C) groups is 1. The van der Waals surface area contributed by atoms with E-state index in [2.05, 4.69) is 20.5 Å². The Hall–Kier alpha value is -1.44. The molecular formula is C22H36N4O2S. The zero-order chi connectivity index (χ0) is 20.4. The average molecular weight is 421 g/mol.